The maximum absolute atomic E-state index is 11.1. The lowest BCUT2D eigenvalue weighted by Crippen LogP contribution is -2.41. The standard InChI is InChI=1S/C7H14N2O2/c1-8-7(10)9-5-3-4-6(9)11-2/h6H,3-5H2,1-2H3,(H,8,10). The van der Waals surface area contributed by atoms with Gasteiger partial charge in [-0.2, -0.15) is 0 Å². The van der Waals surface area contributed by atoms with Gasteiger partial charge in [-0.25, -0.2) is 4.79 Å². The van der Waals surface area contributed by atoms with Crippen LogP contribution >= 0.6 is 0 Å². The Bertz CT molecular complexity index is 149. The molecule has 0 bridgehead atoms. The van der Waals surface area contributed by atoms with Gasteiger partial charge in [-0.05, 0) is 12.8 Å². The number of carbonyl (C=O) groups excluding carboxylic acids is 1. The first kappa shape index (κ1) is 8.33. The zero-order chi connectivity index (χ0) is 8.27. The number of urea groups is 1. The Morgan fingerprint density at radius 1 is 1.73 bits per heavy atom. The smallest absolute Gasteiger partial charge is 0.319 e. The first-order chi connectivity index (χ1) is 5.29. The highest BCUT2D eigenvalue weighted by Crippen LogP contribution is 2.16. The number of hydrogen-bond donors (Lipinski definition) is 1. The van der Waals surface area contributed by atoms with Crippen molar-refractivity contribution in [2.75, 3.05) is 20.7 Å². The van der Waals surface area contributed by atoms with Crippen molar-refractivity contribution in [2.24, 2.45) is 0 Å². The summed E-state index contributed by atoms with van der Waals surface area (Å²) in [4.78, 5) is 12.8. The summed E-state index contributed by atoms with van der Waals surface area (Å²) in [7, 11) is 3.26. The second-order valence-corrected chi connectivity index (χ2v) is 2.58. The molecular formula is C7H14N2O2. The monoisotopic (exact) mass is 158 g/mol. The third kappa shape index (κ3) is 1.63. The molecule has 1 atom stereocenters. The van der Waals surface area contributed by atoms with Crippen LogP contribution in [0.3, 0.4) is 0 Å². The van der Waals surface area contributed by atoms with Crippen LogP contribution in [0.5, 0.6) is 0 Å². The van der Waals surface area contributed by atoms with E-state index in [-0.39, 0.29) is 12.3 Å². The number of rotatable bonds is 1. The van der Waals surface area contributed by atoms with Crippen molar-refractivity contribution in [1.29, 1.82) is 0 Å². The molecule has 2 amide bonds. The SMILES string of the molecule is CNC(=O)N1CCCC1OC. The Balaban J connectivity index is 2.49. The van der Waals surface area contributed by atoms with Gasteiger partial charge in [0, 0.05) is 20.7 Å². The molecule has 1 heterocycles. The number of ether oxygens (including phenoxy) is 1. The van der Waals surface area contributed by atoms with Gasteiger partial charge in [-0.1, -0.05) is 0 Å². The minimum absolute atomic E-state index is 0.0186. The molecular weight excluding hydrogens is 144 g/mol. The summed E-state index contributed by atoms with van der Waals surface area (Å²) < 4.78 is 5.11. The van der Waals surface area contributed by atoms with Crippen LogP contribution in [-0.4, -0.2) is 37.9 Å². The van der Waals surface area contributed by atoms with Crippen molar-refractivity contribution in [3.63, 3.8) is 0 Å². The van der Waals surface area contributed by atoms with Crippen molar-refractivity contribution >= 4 is 6.03 Å². The summed E-state index contributed by atoms with van der Waals surface area (Å²) in [5.41, 5.74) is 0. The van der Waals surface area contributed by atoms with Gasteiger partial charge in [0.1, 0.15) is 6.23 Å². The van der Waals surface area contributed by atoms with Crippen LogP contribution in [0.25, 0.3) is 0 Å². The average molecular weight is 158 g/mol. The third-order valence-electron chi connectivity index (χ3n) is 1.94. The second kappa shape index (κ2) is 3.57. The zero-order valence-electron chi connectivity index (χ0n) is 6.96. The molecule has 1 N–H and O–H groups in total. The second-order valence-electron chi connectivity index (χ2n) is 2.58. The van der Waals surface area contributed by atoms with E-state index in [1.807, 2.05) is 0 Å². The molecule has 11 heavy (non-hydrogen) atoms. The molecule has 1 aliphatic heterocycles. The van der Waals surface area contributed by atoms with Gasteiger partial charge in [0.2, 0.25) is 0 Å². The summed E-state index contributed by atoms with van der Waals surface area (Å²) in [6.07, 6.45) is 1.96. The molecule has 1 rings (SSSR count). The molecule has 0 spiro atoms. The van der Waals surface area contributed by atoms with E-state index in [4.69, 9.17) is 4.74 Å². The van der Waals surface area contributed by atoms with Crippen LogP contribution in [0, 0.1) is 0 Å². The summed E-state index contributed by atoms with van der Waals surface area (Å²) in [6.45, 7) is 0.804. The number of nitrogens with one attached hydrogen (secondary N) is 1. The molecule has 4 heteroatoms. The van der Waals surface area contributed by atoms with Crippen molar-refractivity contribution in [1.82, 2.24) is 10.2 Å². The van der Waals surface area contributed by atoms with Gasteiger partial charge < -0.3 is 10.1 Å². The molecule has 0 radical (unpaired) electrons. The maximum atomic E-state index is 11.1. The fraction of sp³-hybridized carbons (Fsp3) is 0.857. The lowest BCUT2D eigenvalue weighted by atomic mass is 10.4. The largest absolute Gasteiger partial charge is 0.361 e. The first-order valence-corrected chi connectivity index (χ1v) is 3.80. The van der Waals surface area contributed by atoms with E-state index in [1.165, 1.54) is 0 Å². The van der Waals surface area contributed by atoms with Crippen molar-refractivity contribution < 1.29 is 9.53 Å². The van der Waals surface area contributed by atoms with Crippen LogP contribution in [-0.2, 0) is 4.74 Å². The van der Waals surface area contributed by atoms with Crippen LogP contribution in [0.1, 0.15) is 12.8 Å². The van der Waals surface area contributed by atoms with Crippen LogP contribution < -0.4 is 5.32 Å². The maximum Gasteiger partial charge on any atom is 0.319 e. The number of carbonyl (C=O) groups is 1. The topological polar surface area (TPSA) is 41.6 Å². The Morgan fingerprint density at radius 3 is 3.00 bits per heavy atom. The van der Waals surface area contributed by atoms with E-state index in [2.05, 4.69) is 5.32 Å². The lowest BCUT2D eigenvalue weighted by Gasteiger charge is -2.22. The van der Waals surface area contributed by atoms with Gasteiger partial charge in [-0.15, -0.1) is 0 Å². The molecule has 0 aromatic carbocycles. The van der Waals surface area contributed by atoms with E-state index in [9.17, 15) is 4.79 Å². The summed E-state index contributed by atoms with van der Waals surface area (Å²) >= 11 is 0. The number of amides is 2. The first-order valence-electron chi connectivity index (χ1n) is 3.80. The fourth-order valence-electron chi connectivity index (χ4n) is 1.36. The molecule has 1 aliphatic rings. The molecule has 0 aromatic heterocycles. The van der Waals surface area contributed by atoms with E-state index >= 15 is 0 Å². The molecule has 0 aliphatic carbocycles. The number of likely N-dealkylation sites (tertiary alicyclic amines) is 1. The highest BCUT2D eigenvalue weighted by Gasteiger charge is 2.27. The van der Waals surface area contributed by atoms with Crippen molar-refractivity contribution in [3.05, 3.63) is 0 Å². The van der Waals surface area contributed by atoms with E-state index < -0.39 is 0 Å². The molecule has 1 saturated heterocycles. The highest BCUT2D eigenvalue weighted by atomic mass is 16.5. The van der Waals surface area contributed by atoms with Crippen molar-refractivity contribution in [3.8, 4) is 0 Å². The summed E-state index contributed by atoms with van der Waals surface area (Å²) in [6, 6.07) is -0.0469. The quantitative estimate of drug-likeness (QED) is 0.600. The third-order valence-corrected chi connectivity index (χ3v) is 1.94. The van der Waals surface area contributed by atoms with Gasteiger partial charge in [0.05, 0.1) is 0 Å². The minimum Gasteiger partial charge on any atom is -0.361 e. The Hall–Kier alpha value is -0.770. The van der Waals surface area contributed by atoms with Gasteiger partial charge >= 0.3 is 6.03 Å². The molecule has 4 nitrogen and oxygen atoms in total. The van der Waals surface area contributed by atoms with Gasteiger partial charge in [-0.3, -0.25) is 4.90 Å². The van der Waals surface area contributed by atoms with Gasteiger partial charge in [0.25, 0.3) is 0 Å². The molecule has 0 aromatic rings. The van der Waals surface area contributed by atoms with Crippen LogP contribution in [0.15, 0.2) is 0 Å². The Kier molecular flexibility index (Phi) is 2.70. The van der Waals surface area contributed by atoms with Crippen molar-refractivity contribution in [2.45, 2.75) is 19.1 Å². The minimum atomic E-state index is -0.0469. The van der Waals surface area contributed by atoms with E-state index in [0.29, 0.717) is 0 Å². The predicted octanol–water partition coefficient (Wildman–Crippen LogP) is 0.394. The molecule has 1 fully saturated rings. The Labute approximate surface area is 66.5 Å². The normalized spacial score (nSPS) is 23.8. The zero-order valence-corrected chi connectivity index (χ0v) is 6.96. The number of hydrogen-bond acceptors (Lipinski definition) is 2. The van der Waals surface area contributed by atoms with Gasteiger partial charge in [0.15, 0.2) is 0 Å². The summed E-state index contributed by atoms with van der Waals surface area (Å²) in [5, 5.41) is 2.58. The fourth-order valence-corrected chi connectivity index (χ4v) is 1.36. The van der Waals surface area contributed by atoms with E-state index in [0.717, 1.165) is 19.4 Å². The Morgan fingerprint density at radius 2 is 2.45 bits per heavy atom. The van der Waals surface area contributed by atoms with Crippen LogP contribution in [0.2, 0.25) is 0 Å². The molecule has 64 valence electrons. The molecule has 1 unspecified atom stereocenters. The number of nitrogens with zero attached hydrogens (tertiary/aromatic N) is 1. The van der Waals surface area contributed by atoms with E-state index in [1.54, 1.807) is 19.1 Å². The average Bonchev–Trinajstić information content (AvgIpc) is 2.50. The van der Waals surface area contributed by atoms with Crippen LogP contribution in [0.4, 0.5) is 4.79 Å². The lowest BCUT2D eigenvalue weighted by molar-refractivity contribution is 0.0184. The highest BCUT2D eigenvalue weighted by molar-refractivity contribution is 5.74. The molecule has 0 saturated carbocycles. The predicted molar refractivity (Wildman–Crippen MR) is 41.2 cm³/mol. The number of methoxy groups -OCH3 is 1. The summed E-state index contributed by atoms with van der Waals surface area (Å²) in [5.74, 6) is 0.